The van der Waals surface area contributed by atoms with Crippen molar-refractivity contribution in [3.63, 3.8) is 0 Å². The number of hydrogen-bond acceptors (Lipinski definition) is 11. The minimum Gasteiger partial charge on any atom is -0.449 e. The Kier molecular flexibility index (Phi) is 7.45. The second kappa shape index (κ2) is 11.4. The van der Waals surface area contributed by atoms with E-state index in [-0.39, 0.29) is 22.9 Å². The number of amides is 2. The summed E-state index contributed by atoms with van der Waals surface area (Å²) in [6.45, 7) is 2.73. The van der Waals surface area contributed by atoms with Crippen LogP contribution in [0.4, 0.5) is 14.9 Å². The molecule has 0 radical (unpaired) electrons. The van der Waals surface area contributed by atoms with Gasteiger partial charge in [-0.25, -0.2) is 9.18 Å². The van der Waals surface area contributed by atoms with E-state index in [4.69, 9.17) is 4.74 Å². The van der Waals surface area contributed by atoms with Gasteiger partial charge in [0.25, 0.3) is 11.8 Å². The van der Waals surface area contributed by atoms with Crippen molar-refractivity contribution in [1.29, 1.82) is 0 Å². The lowest BCUT2D eigenvalue weighted by atomic mass is 10.0. The number of carbonyl (C=O) groups excluding carboxylic acids is 2. The van der Waals surface area contributed by atoms with Crippen LogP contribution in [0.5, 0.6) is 0 Å². The number of anilines is 1. The van der Waals surface area contributed by atoms with Crippen molar-refractivity contribution >= 4 is 58.1 Å². The maximum Gasteiger partial charge on any atom is 0.512 e. The number of hydrogen-bond donors (Lipinski definition) is 4. The molecule has 230 valence electrons. The number of benzene rings is 1. The van der Waals surface area contributed by atoms with Crippen LogP contribution in [0, 0.1) is 5.82 Å². The highest BCUT2D eigenvalue weighted by Gasteiger charge is 2.54. The first-order valence-corrected chi connectivity index (χ1v) is 16.0. The van der Waals surface area contributed by atoms with Gasteiger partial charge in [-0.05, 0) is 25.0 Å². The number of aromatic nitrogens is 4. The maximum atomic E-state index is 15.3. The molecule has 14 nitrogen and oxygen atoms in total. The maximum absolute atomic E-state index is 15.3. The largest absolute Gasteiger partial charge is 0.512 e. The molecular formula is C27H27FN8O6S2. The summed E-state index contributed by atoms with van der Waals surface area (Å²) >= 11 is 2.64. The zero-order valence-corrected chi connectivity index (χ0v) is 24.8. The fraction of sp³-hybridized carbons (Fsp3) is 0.407. The molecule has 7 rings (SSSR count). The van der Waals surface area contributed by atoms with Crippen LogP contribution in [0.2, 0.25) is 0 Å². The van der Waals surface area contributed by atoms with E-state index in [1.54, 1.807) is 6.07 Å². The van der Waals surface area contributed by atoms with E-state index >= 15 is 4.39 Å². The molecule has 3 aliphatic heterocycles. The molecule has 44 heavy (non-hydrogen) atoms. The van der Waals surface area contributed by atoms with Crippen molar-refractivity contribution in [3.8, 4) is 0 Å². The van der Waals surface area contributed by atoms with Gasteiger partial charge < -0.3 is 29.9 Å². The summed E-state index contributed by atoms with van der Waals surface area (Å²) in [5.74, 6) is -1.30. The van der Waals surface area contributed by atoms with Crippen LogP contribution in [-0.4, -0.2) is 97.1 Å². The summed E-state index contributed by atoms with van der Waals surface area (Å²) in [5.41, 5.74) is 0.749. The molecule has 1 saturated carbocycles. The van der Waals surface area contributed by atoms with Gasteiger partial charge in [-0.1, -0.05) is 11.8 Å². The second-order valence-corrected chi connectivity index (χ2v) is 12.9. The first-order valence-electron chi connectivity index (χ1n) is 14.0. The molecule has 3 fully saturated rings. The number of fused-ring (bicyclic) bond motifs is 2. The Balaban J connectivity index is 1.14. The Labute approximate surface area is 257 Å². The summed E-state index contributed by atoms with van der Waals surface area (Å²) in [6.07, 6.45) is 3.18. The van der Waals surface area contributed by atoms with E-state index < -0.39 is 40.6 Å². The summed E-state index contributed by atoms with van der Waals surface area (Å²) < 4.78 is 22.2. The predicted molar refractivity (Wildman–Crippen MR) is 159 cm³/mol. The fourth-order valence-electron chi connectivity index (χ4n) is 5.67. The molecule has 2 saturated heterocycles. The summed E-state index contributed by atoms with van der Waals surface area (Å²) in [5, 5.41) is 25.5. The summed E-state index contributed by atoms with van der Waals surface area (Å²) in [6, 6.07) is 1.96. The number of pyridine rings is 1. The number of nitrogens with zero attached hydrogens (tertiary/aromatic N) is 5. The van der Waals surface area contributed by atoms with Crippen LogP contribution in [0.25, 0.3) is 10.9 Å². The van der Waals surface area contributed by atoms with Crippen molar-refractivity contribution in [1.82, 2.24) is 35.5 Å². The number of carboxylic acid groups (broad SMARTS) is 1. The van der Waals surface area contributed by atoms with Crippen molar-refractivity contribution in [3.05, 3.63) is 57.6 Å². The van der Waals surface area contributed by atoms with Gasteiger partial charge in [-0.2, -0.15) is 10.3 Å². The quantitative estimate of drug-likeness (QED) is 0.159. The Morgan fingerprint density at radius 1 is 1.23 bits per heavy atom. The number of piperazine rings is 1. The van der Waals surface area contributed by atoms with Gasteiger partial charge in [0.05, 0.1) is 17.4 Å². The van der Waals surface area contributed by atoms with Crippen LogP contribution in [-0.2, 0) is 9.53 Å². The number of carbonyl (C=O) groups is 3. The fourth-order valence-corrected chi connectivity index (χ4v) is 7.91. The number of β-lactam (4-membered cyclic amide) rings is 1. The molecule has 5 heterocycles. The van der Waals surface area contributed by atoms with Crippen molar-refractivity contribution in [2.75, 3.05) is 42.6 Å². The molecule has 0 bridgehead atoms. The minimum atomic E-state index is -1.57. The van der Waals surface area contributed by atoms with E-state index in [1.807, 2.05) is 9.47 Å². The highest BCUT2D eigenvalue weighted by Crippen LogP contribution is 2.42. The minimum absolute atomic E-state index is 0.0788. The Morgan fingerprint density at radius 2 is 2.02 bits per heavy atom. The van der Waals surface area contributed by atoms with Crippen molar-refractivity contribution < 1.29 is 28.6 Å². The highest BCUT2D eigenvalue weighted by atomic mass is 32.2. The first kappa shape index (κ1) is 28.7. The molecule has 1 aliphatic carbocycles. The van der Waals surface area contributed by atoms with Crippen LogP contribution in [0.3, 0.4) is 0 Å². The molecule has 17 heteroatoms. The lowest BCUT2D eigenvalue weighted by Gasteiger charge is -2.49. The van der Waals surface area contributed by atoms with Crippen LogP contribution < -0.4 is 21.0 Å². The van der Waals surface area contributed by atoms with Gasteiger partial charge in [-0.15, -0.1) is 16.9 Å². The third kappa shape index (κ3) is 5.17. The van der Waals surface area contributed by atoms with E-state index in [0.717, 1.165) is 25.9 Å². The average molecular weight is 643 g/mol. The Morgan fingerprint density at radius 3 is 2.73 bits per heavy atom. The number of nitrogens with one attached hydrogen (secondary N) is 3. The molecule has 1 aromatic carbocycles. The van der Waals surface area contributed by atoms with E-state index in [9.17, 15) is 24.3 Å². The van der Waals surface area contributed by atoms with E-state index in [0.29, 0.717) is 46.4 Å². The Hall–Kier alpha value is -4.09. The van der Waals surface area contributed by atoms with Crippen molar-refractivity contribution in [2.24, 2.45) is 0 Å². The molecule has 0 spiro atoms. The van der Waals surface area contributed by atoms with Gasteiger partial charge in [0, 0.05) is 60.9 Å². The molecule has 4 aliphatic rings. The summed E-state index contributed by atoms with van der Waals surface area (Å²) in [4.78, 5) is 55.0. The molecule has 4 N–H and O–H groups in total. The number of rotatable bonds is 8. The Bertz CT molecular complexity index is 1750. The van der Waals surface area contributed by atoms with Gasteiger partial charge in [0.1, 0.15) is 27.8 Å². The van der Waals surface area contributed by atoms with Gasteiger partial charge >= 0.3 is 6.16 Å². The molecule has 2 atom stereocenters. The van der Waals surface area contributed by atoms with Crippen LogP contribution in [0.15, 0.2) is 45.8 Å². The predicted octanol–water partition coefficient (Wildman–Crippen LogP) is 1.72. The molecule has 2 aromatic heterocycles. The lowest BCUT2D eigenvalue weighted by Crippen LogP contribution is -2.70. The van der Waals surface area contributed by atoms with Gasteiger partial charge in [0.15, 0.2) is 0 Å². The zero-order chi connectivity index (χ0) is 30.5. The third-order valence-corrected chi connectivity index (χ3v) is 10.3. The highest BCUT2D eigenvalue weighted by molar-refractivity contribution is 8.01. The van der Waals surface area contributed by atoms with Crippen LogP contribution in [0.1, 0.15) is 29.2 Å². The zero-order valence-electron chi connectivity index (χ0n) is 23.1. The SMILES string of the molecule is O=C(O)OC1=C(CSc2cn[nH]n2)CS[C@H]2C(NC(=O)c3cn(C4CC4)c4cc(N5CCNCC5)c(F)cc4c3=O)C(=O)N12. The number of aromatic amines is 1. The van der Waals surface area contributed by atoms with Crippen LogP contribution >= 0.6 is 23.5 Å². The number of ether oxygens (including phenoxy) is 1. The van der Waals surface area contributed by atoms with E-state index in [1.165, 1.54) is 46.9 Å². The standard InChI is InChI=1S/C27H27FN8O6S2/c28-17-7-15-18(8-19(17)34-5-3-29-4-6-34)35(14-1-2-14)10-16(22(15)37)23(38)31-21-24(39)36-25(42-27(40)41)13(12-44-26(21)36)11-43-20-9-30-33-32-20/h7-10,14,21,26,29H,1-6,11-12H2,(H,31,38)(H,40,41)(H,30,32,33)/t21?,26-/m0/s1. The number of thioether (sulfide) groups is 2. The van der Waals surface area contributed by atoms with Crippen molar-refractivity contribution in [2.45, 2.75) is 35.3 Å². The average Bonchev–Trinajstić information content (AvgIpc) is 3.73. The third-order valence-electron chi connectivity index (χ3n) is 7.99. The molecule has 1 unspecified atom stereocenters. The monoisotopic (exact) mass is 642 g/mol. The molecule has 2 amide bonds. The normalized spacial score (nSPS) is 21.7. The first-order chi connectivity index (χ1) is 21.3. The lowest BCUT2D eigenvalue weighted by molar-refractivity contribution is -0.145. The second-order valence-electron chi connectivity index (χ2n) is 10.8. The number of H-pyrrole nitrogens is 1. The van der Waals surface area contributed by atoms with Gasteiger partial charge in [-0.3, -0.25) is 19.3 Å². The van der Waals surface area contributed by atoms with E-state index in [2.05, 4.69) is 26.0 Å². The topological polar surface area (TPSA) is 175 Å². The van der Waals surface area contributed by atoms with Gasteiger partial charge in [0.2, 0.25) is 11.3 Å². The summed E-state index contributed by atoms with van der Waals surface area (Å²) in [7, 11) is 0. The molecular weight excluding hydrogens is 615 g/mol. The molecule has 3 aromatic rings. The smallest absolute Gasteiger partial charge is 0.449 e. The number of halogens is 1.